The van der Waals surface area contributed by atoms with Gasteiger partial charge in [0.15, 0.2) is 0 Å². The van der Waals surface area contributed by atoms with Crippen molar-refractivity contribution in [3.8, 4) is 0 Å². The van der Waals surface area contributed by atoms with Crippen molar-refractivity contribution in [1.29, 1.82) is 0 Å². The maximum Gasteiger partial charge on any atom is 0.294 e. The van der Waals surface area contributed by atoms with Crippen molar-refractivity contribution < 1.29 is 9.59 Å². The molecule has 1 atom stereocenters. The smallest absolute Gasteiger partial charge is 0.294 e. The minimum absolute atomic E-state index is 0.0548. The molecule has 2 amide bonds. The van der Waals surface area contributed by atoms with Crippen molar-refractivity contribution in [2.45, 2.75) is 26.3 Å². The van der Waals surface area contributed by atoms with Gasteiger partial charge in [-0.1, -0.05) is 36.5 Å². The van der Waals surface area contributed by atoms with Crippen LogP contribution in [0.4, 0.5) is 10.8 Å². The molecule has 0 radical (unpaired) electrons. The van der Waals surface area contributed by atoms with E-state index in [-0.39, 0.29) is 11.7 Å². The van der Waals surface area contributed by atoms with Gasteiger partial charge in [0.2, 0.25) is 11.0 Å². The third kappa shape index (κ3) is 3.25. The first-order valence-electron chi connectivity index (χ1n) is 7.45. The minimum Gasteiger partial charge on any atom is -0.294 e. The molecule has 0 bridgehead atoms. The number of amidine groups is 1. The second-order valence-corrected chi connectivity index (χ2v) is 6.15. The lowest BCUT2D eigenvalue weighted by Gasteiger charge is -2.30. The second kappa shape index (κ2) is 6.75. The summed E-state index contributed by atoms with van der Waals surface area (Å²) in [6.07, 6.45) is 0.750. The Balaban J connectivity index is 1.78. The summed E-state index contributed by atoms with van der Waals surface area (Å²) >= 11 is 1.31. The Labute approximate surface area is 142 Å². The fourth-order valence-corrected chi connectivity index (χ4v) is 2.78. The van der Waals surface area contributed by atoms with Crippen LogP contribution in [0.5, 0.6) is 0 Å². The Hall–Kier alpha value is -2.81. The van der Waals surface area contributed by atoms with Crippen molar-refractivity contribution in [3.05, 3.63) is 35.3 Å². The van der Waals surface area contributed by atoms with Crippen LogP contribution in [-0.4, -0.2) is 33.9 Å². The van der Waals surface area contributed by atoms with Gasteiger partial charge in [0.1, 0.15) is 11.0 Å². The number of amides is 2. The van der Waals surface area contributed by atoms with E-state index in [1.54, 1.807) is 19.1 Å². The molecule has 2 heterocycles. The number of hydrogen-bond acceptors (Lipinski definition) is 7. The number of rotatable bonds is 4. The number of carbonyl (C=O) groups excluding carboxylic acids is 2. The van der Waals surface area contributed by atoms with Gasteiger partial charge in [-0.15, -0.1) is 10.2 Å². The molecule has 2 aromatic rings. The highest BCUT2D eigenvalue weighted by Crippen LogP contribution is 2.18. The quantitative estimate of drug-likeness (QED) is 0.873. The van der Waals surface area contributed by atoms with Gasteiger partial charge in [-0.05, 0) is 25.5 Å². The number of aryl methyl sites for hydroxylation is 1. The van der Waals surface area contributed by atoms with E-state index in [9.17, 15) is 9.59 Å². The monoisotopic (exact) mass is 344 g/mol. The Morgan fingerprint density at radius 1 is 1.33 bits per heavy atom. The Morgan fingerprint density at radius 3 is 2.75 bits per heavy atom. The molecule has 8 nitrogen and oxygen atoms in total. The van der Waals surface area contributed by atoms with Gasteiger partial charge in [-0.3, -0.25) is 20.3 Å². The van der Waals surface area contributed by atoms with E-state index in [2.05, 4.69) is 25.9 Å². The largest absolute Gasteiger partial charge is 0.294 e. The lowest BCUT2D eigenvalue weighted by Crippen LogP contribution is -2.57. The number of aliphatic imine (C=N–C) groups is 1. The summed E-state index contributed by atoms with van der Waals surface area (Å²) in [4.78, 5) is 28.8. The van der Waals surface area contributed by atoms with Crippen molar-refractivity contribution in [1.82, 2.24) is 15.6 Å². The minimum atomic E-state index is -0.659. The van der Waals surface area contributed by atoms with E-state index < -0.39 is 11.9 Å². The van der Waals surface area contributed by atoms with E-state index in [0.29, 0.717) is 10.8 Å². The molecule has 0 unspecified atom stereocenters. The number of nitrogens with one attached hydrogen (secondary N) is 2. The van der Waals surface area contributed by atoms with E-state index >= 15 is 0 Å². The molecular weight excluding hydrogens is 328 g/mol. The first-order valence-corrected chi connectivity index (χ1v) is 8.27. The molecule has 24 heavy (non-hydrogen) atoms. The Morgan fingerprint density at radius 2 is 2.08 bits per heavy atom. The molecule has 124 valence electrons. The number of aromatic nitrogens is 2. The van der Waals surface area contributed by atoms with Crippen LogP contribution in [0.25, 0.3) is 0 Å². The van der Waals surface area contributed by atoms with Crippen LogP contribution in [0.3, 0.4) is 0 Å². The SMILES string of the molecule is CCc1nnc(NC(=O)C2=N[C@H](C)C(=O)N(c3ccccc3)N2)s1. The molecule has 3 rings (SSSR count). The zero-order chi connectivity index (χ0) is 17.1. The number of hydrogen-bond donors (Lipinski definition) is 2. The maximum atomic E-state index is 12.4. The standard InChI is InChI=1S/C15H16N6O2S/c1-3-11-18-19-15(24-11)17-13(22)12-16-9(2)14(23)21(20-12)10-7-5-4-6-8-10/h4-9H,3H2,1-2H3,(H,16,20)(H,17,19,22)/t9-/m1/s1. The third-order valence-corrected chi connectivity index (χ3v) is 4.32. The molecule has 0 saturated heterocycles. The van der Waals surface area contributed by atoms with Crippen LogP contribution in [0, 0.1) is 0 Å². The zero-order valence-corrected chi connectivity index (χ0v) is 14.0. The van der Waals surface area contributed by atoms with Crippen LogP contribution < -0.4 is 15.8 Å². The predicted octanol–water partition coefficient (Wildman–Crippen LogP) is 1.38. The van der Waals surface area contributed by atoms with Crippen LogP contribution in [0.1, 0.15) is 18.9 Å². The first-order chi connectivity index (χ1) is 11.6. The third-order valence-electron chi connectivity index (χ3n) is 3.34. The summed E-state index contributed by atoms with van der Waals surface area (Å²) in [6, 6.07) is 8.37. The average Bonchev–Trinajstić information content (AvgIpc) is 3.05. The highest BCUT2D eigenvalue weighted by Gasteiger charge is 2.30. The maximum absolute atomic E-state index is 12.4. The van der Waals surface area contributed by atoms with Gasteiger partial charge in [-0.25, -0.2) is 10.0 Å². The van der Waals surface area contributed by atoms with Crippen molar-refractivity contribution >= 4 is 39.8 Å². The molecule has 1 aromatic carbocycles. The molecule has 9 heteroatoms. The highest BCUT2D eigenvalue weighted by molar-refractivity contribution is 7.15. The Kier molecular flexibility index (Phi) is 4.52. The number of anilines is 2. The van der Waals surface area contributed by atoms with Gasteiger partial charge < -0.3 is 0 Å². The van der Waals surface area contributed by atoms with Gasteiger partial charge in [0.05, 0.1) is 5.69 Å². The Bertz CT molecular complexity index is 788. The van der Waals surface area contributed by atoms with E-state index in [1.165, 1.54) is 16.3 Å². The van der Waals surface area contributed by atoms with Crippen LogP contribution >= 0.6 is 11.3 Å². The fraction of sp³-hybridized carbons (Fsp3) is 0.267. The van der Waals surface area contributed by atoms with Crippen molar-refractivity contribution in [2.24, 2.45) is 4.99 Å². The van der Waals surface area contributed by atoms with E-state index in [1.807, 2.05) is 25.1 Å². The molecule has 0 aliphatic carbocycles. The molecule has 0 fully saturated rings. The first kappa shape index (κ1) is 16.1. The molecule has 1 aromatic heterocycles. The summed E-state index contributed by atoms with van der Waals surface area (Å²) in [5.41, 5.74) is 3.41. The van der Waals surface area contributed by atoms with Gasteiger partial charge in [0, 0.05) is 0 Å². The number of nitrogens with zero attached hydrogens (tertiary/aromatic N) is 4. The lowest BCUT2D eigenvalue weighted by molar-refractivity contribution is -0.120. The van der Waals surface area contributed by atoms with Gasteiger partial charge >= 0.3 is 0 Å². The van der Waals surface area contributed by atoms with E-state index in [4.69, 9.17) is 0 Å². The summed E-state index contributed by atoms with van der Waals surface area (Å²) < 4.78 is 0. The number of hydrazine groups is 1. The van der Waals surface area contributed by atoms with Crippen LogP contribution in [-0.2, 0) is 16.0 Å². The molecule has 0 saturated carbocycles. The molecule has 1 aliphatic heterocycles. The van der Waals surface area contributed by atoms with E-state index in [0.717, 1.165) is 11.4 Å². The topological polar surface area (TPSA) is 99.6 Å². The lowest BCUT2D eigenvalue weighted by atomic mass is 10.2. The van der Waals surface area contributed by atoms with Gasteiger partial charge in [-0.2, -0.15) is 0 Å². The molecule has 1 aliphatic rings. The summed E-state index contributed by atoms with van der Waals surface area (Å²) in [5, 5.41) is 13.1. The highest BCUT2D eigenvalue weighted by atomic mass is 32.1. The predicted molar refractivity (Wildman–Crippen MR) is 91.9 cm³/mol. The summed E-state index contributed by atoms with van der Waals surface area (Å²) in [5.74, 6) is -0.643. The van der Waals surface area contributed by atoms with Gasteiger partial charge in [0.25, 0.3) is 11.8 Å². The zero-order valence-electron chi connectivity index (χ0n) is 13.2. The fourth-order valence-electron chi connectivity index (χ4n) is 2.11. The number of para-hydroxylation sites is 1. The summed E-state index contributed by atoms with van der Waals surface area (Å²) in [6.45, 7) is 3.61. The van der Waals surface area contributed by atoms with Crippen molar-refractivity contribution in [2.75, 3.05) is 10.3 Å². The molecule has 0 spiro atoms. The normalized spacial score (nSPS) is 17.2. The van der Waals surface area contributed by atoms with Crippen molar-refractivity contribution in [3.63, 3.8) is 0 Å². The molecule has 2 N–H and O–H groups in total. The summed E-state index contributed by atoms with van der Waals surface area (Å²) in [7, 11) is 0. The van der Waals surface area contributed by atoms with Crippen LogP contribution in [0.2, 0.25) is 0 Å². The molecular formula is C15H16N6O2S. The number of benzene rings is 1. The average molecular weight is 344 g/mol. The number of carbonyl (C=O) groups is 2. The van der Waals surface area contributed by atoms with Crippen LogP contribution in [0.15, 0.2) is 35.3 Å². The second-order valence-electron chi connectivity index (χ2n) is 5.08.